The van der Waals surface area contributed by atoms with Crippen molar-refractivity contribution in [1.29, 1.82) is 0 Å². The van der Waals surface area contributed by atoms with E-state index in [9.17, 15) is 0 Å². The molecule has 0 heterocycles. The lowest BCUT2D eigenvalue weighted by Crippen LogP contribution is -2.01. The van der Waals surface area contributed by atoms with E-state index in [1.165, 1.54) is 0 Å². The van der Waals surface area contributed by atoms with Crippen LogP contribution in [0.1, 0.15) is 0 Å². The Balaban J connectivity index is 2.30. The average Bonchev–Trinajstić information content (AvgIpc) is 2.48. The Labute approximate surface area is 126 Å². The Morgan fingerprint density at radius 1 is 0.850 bits per heavy atom. The van der Waals surface area contributed by atoms with Gasteiger partial charge in [0, 0.05) is 15.4 Å². The maximum atomic E-state index is 9.03. The zero-order valence-corrected chi connectivity index (χ0v) is 12.3. The minimum atomic E-state index is -0.330. The quantitative estimate of drug-likeness (QED) is 0.739. The van der Waals surface area contributed by atoms with Crippen LogP contribution in [0.25, 0.3) is 21.9 Å². The van der Waals surface area contributed by atoms with Crippen molar-refractivity contribution < 1.29 is 9.68 Å². The molecule has 3 aromatic carbocycles. The summed E-state index contributed by atoms with van der Waals surface area (Å²) in [6, 6.07) is 20.0. The first-order valence-electron chi connectivity index (χ1n) is 6.31. The standard InChI is InChI=1S/C16H12BBrO2/c18-14-9-4-6-11-5-3-8-13(16(11)14)12-7-1-2-10-15(12)20-17-19/h1-10,17,19H. The summed E-state index contributed by atoms with van der Waals surface area (Å²) < 4.78 is 6.37. The molecule has 0 fully saturated rings. The molecule has 0 aliphatic heterocycles. The van der Waals surface area contributed by atoms with Crippen LogP contribution in [0.2, 0.25) is 0 Å². The minimum Gasteiger partial charge on any atom is -0.538 e. The number of para-hydroxylation sites is 1. The predicted octanol–water partition coefficient (Wildman–Crippen LogP) is 3.91. The molecule has 0 aliphatic rings. The molecule has 0 amide bonds. The van der Waals surface area contributed by atoms with Crippen molar-refractivity contribution >= 4 is 34.4 Å². The molecule has 2 nitrogen and oxygen atoms in total. The van der Waals surface area contributed by atoms with Crippen LogP contribution >= 0.6 is 15.9 Å². The average molecular weight is 327 g/mol. The lowest BCUT2D eigenvalue weighted by atomic mass is 9.97. The fourth-order valence-electron chi connectivity index (χ4n) is 2.40. The normalized spacial score (nSPS) is 10.5. The number of halogens is 1. The fourth-order valence-corrected chi connectivity index (χ4v) is 3.00. The molecular weight excluding hydrogens is 315 g/mol. The molecule has 1 N–H and O–H groups in total. The summed E-state index contributed by atoms with van der Waals surface area (Å²) in [5, 5.41) is 11.3. The van der Waals surface area contributed by atoms with Crippen LogP contribution in [-0.4, -0.2) is 12.7 Å². The van der Waals surface area contributed by atoms with Crippen LogP contribution < -0.4 is 4.65 Å². The highest BCUT2D eigenvalue weighted by Crippen LogP contribution is 2.37. The lowest BCUT2D eigenvalue weighted by molar-refractivity contribution is 0.455. The van der Waals surface area contributed by atoms with E-state index in [0.29, 0.717) is 5.75 Å². The summed E-state index contributed by atoms with van der Waals surface area (Å²) in [6.07, 6.45) is 0. The summed E-state index contributed by atoms with van der Waals surface area (Å²) in [4.78, 5) is 0. The molecule has 0 aliphatic carbocycles. The van der Waals surface area contributed by atoms with Gasteiger partial charge in [0.15, 0.2) is 0 Å². The monoisotopic (exact) mass is 326 g/mol. The van der Waals surface area contributed by atoms with Crippen LogP contribution in [0.4, 0.5) is 0 Å². The molecule has 3 aromatic rings. The Kier molecular flexibility index (Phi) is 3.76. The van der Waals surface area contributed by atoms with Gasteiger partial charge in [-0.1, -0.05) is 64.5 Å². The molecule has 20 heavy (non-hydrogen) atoms. The number of hydrogen-bond donors (Lipinski definition) is 1. The maximum Gasteiger partial charge on any atom is 0.504 e. The summed E-state index contributed by atoms with van der Waals surface area (Å²) in [7, 11) is -0.330. The second-order valence-electron chi connectivity index (χ2n) is 4.41. The molecule has 0 aromatic heterocycles. The topological polar surface area (TPSA) is 29.5 Å². The zero-order valence-electron chi connectivity index (χ0n) is 10.7. The van der Waals surface area contributed by atoms with Crippen molar-refractivity contribution in [2.45, 2.75) is 0 Å². The largest absolute Gasteiger partial charge is 0.538 e. The second kappa shape index (κ2) is 5.69. The number of fused-ring (bicyclic) bond motifs is 1. The Morgan fingerprint density at radius 3 is 2.35 bits per heavy atom. The first kappa shape index (κ1) is 13.2. The highest BCUT2D eigenvalue weighted by molar-refractivity contribution is 9.10. The smallest absolute Gasteiger partial charge is 0.504 e. The predicted molar refractivity (Wildman–Crippen MR) is 87.1 cm³/mol. The second-order valence-corrected chi connectivity index (χ2v) is 5.27. The van der Waals surface area contributed by atoms with E-state index in [2.05, 4.69) is 34.1 Å². The summed E-state index contributed by atoms with van der Waals surface area (Å²) in [5.74, 6) is 0.679. The molecule has 0 atom stereocenters. The summed E-state index contributed by atoms with van der Waals surface area (Å²) in [5.41, 5.74) is 2.05. The zero-order chi connectivity index (χ0) is 13.9. The van der Waals surface area contributed by atoms with Crippen molar-refractivity contribution in [2.75, 3.05) is 0 Å². The van der Waals surface area contributed by atoms with E-state index in [-0.39, 0.29) is 7.69 Å². The van der Waals surface area contributed by atoms with Crippen molar-refractivity contribution in [2.24, 2.45) is 0 Å². The first-order valence-corrected chi connectivity index (χ1v) is 7.11. The van der Waals surface area contributed by atoms with E-state index in [0.717, 1.165) is 26.4 Å². The first-order chi connectivity index (χ1) is 9.81. The van der Waals surface area contributed by atoms with Crippen molar-refractivity contribution in [3.8, 4) is 16.9 Å². The van der Waals surface area contributed by atoms with Gasteiger partial charge in [0.2, 0.25) is 0 Å². The SMILES string of the molecule is OBOc1ccccc1-c1cccc2cccc(Br)c12. The van der Waals surface area contributed by atoms with Gasteiger partial charge in [0.1, 0.15) is 5.75 Å². The maximum absolute atomic E-state index is 9.03. The molecule has 0 unspecified atom stereocenters. The van der Waals surface area contributed by atoms with E-state index in [4.69, 9.17) is 9.68 Å². The van der Waals surface area contributed by atoms with E-state index < -0.39 is 0 Å². The Hall–Kier alpha value is -1.78. The minimum absolute atomic E-state index is 0.330. The Bertz CT molecular complexity index is 753. The van der Waals surface area contributed by atoms with Gasteiger partial charge in [-0.2, -0.15) is 0 Å². The van der Waals surface area contributed by atoms with Crippen molar-refractivity contribution in [3.63, 3.8) is 0 Å². The van der Waals surface area contributed by atoms with Crippen LogP contribution in [0.15, 0.2) is 65.1 Å². The molecule has 0 spiro atoms. The molecule has 4 heteroatoms. The van der Waals surface area contributed by atoms with Crippen LogP contribution in [0.3, 0.4) is 0 Å². The molecule has 0 saturated heterocycles. The molecule has 3 rings (SSSR count). The van der Waals surface area contributed by atoms with Gasteiger partial charge in [0.25, 0.3) is 0 Å². The van der Waals surface area contributed by atoms with E-state index in [1.54, 1.807) is 0 Å². The Morgan fingerprint density at radius 2 is 1.55 bits per heavy atom. The van der Waals surface area contributed by atoms with Gasteiger partial charge in [-0.3, -0.25) is 0 Å². The van der Waals surface area contributed by atoms with Gasteiger partial charge < -0.3 is 9.68 Å². The molecule has 98 valence electrons. The molecule has 0 bridgehead atoms. The van der Waals surface area contributed by atoms with Crippen LogP contribution in [0, 0.1) is 0 Å². The molecular formula is C16H12BBrO2. The van der Waals surface area contributed by atoms with E-state index >= 15 is 0 Å². The van der Waals surface area contributed by atoms with Gasteiger partial charge in [-0.15, -0.1) is 0 Å². The molecule has 0 radical (unpaired) electrons. The fraction of sp³-hybridized carbons (Fsp3) is 0. The highest BCUT2D eigenvalue weighted by Gasteiger charge is 2.11. The van der Waals surface area contributed by atoms with Gasteiger partial charge in [-0.05, 0) is 23.1 Å². The summed E-state index contributed by atoms with van der Waals surface area (Å²) >= 11 is 3.62. The van der Waals surface area contributed by atoms with Gasteiger partial charge >= 0.3 is 7.69 Å². The van der Waals surface area contributed by atoms with Gasteiger partial charge in [0.05, 0.1) is 0 Å². The van der Waals surface area contributed by atoms with Crippen LogP contribution in [0.5, 0.6) is 5.75 Å². The van der Waals surface area contributed by atoms with Crippen molar-refractivity contribution in [1.82, 2.24) is 0 Å². The van der Waals surface area contributed by atoms with Gasteiger partial charge in [-0.25, -0.2) is 0 Å². The summed E-state index contributed by atoms with van der Waals surface area (Å²) in [6.45, 7) is 0. The molecule has 0 saturated carbocycles. The lowest BCUT2D eigenvalue weighted by Gasteiger charge is -2.13. The number of hydrogen-bond acceptors (Lipinski definition) is 2. The third kappa shape index (κ3) is 2.32. The third-order valence-electron chi connectivity index (χ3n) is 3.25. The van der Waals surface area contributed by atoms with Crippen LogP contribution in [-0.2, 0) is 0 Å². The number of benzene rings is 3. The van der Waals surface area contributed by atoms with E-state index in [1.807, 2.05) is 42.5 Å². The number of rotatable bonds is 3. The highest BCUT2D eigenvalue weighted by atomic mass is 79.9. The third-order valence-corrected chi connectivity index (χ3v) is 3.91. The van der Waals surface area contributed by atoms with Crippen molar-refractivity contribution in [3.05, 3.63) is 65.1 Å².